The Labute approximate surface area is 147 Å². The summed E-state index contributed by atoms with van der Waals surface area (Å²) in [7, 11) is 1.64. The van der Waals surface area contributed by atoms with Gasteiger partial charge < -0.3 is 15.4 Å². The number of methoxy groups -OCH3 is 1. The van der Waals surface area contributed by atoms with Crippen molar-refractivity contribution in [3.05, 3.63) is 33.8 Å². The number of hydrogen-bond donors (Lipinski definition) is 2. The molecule has 0 bridgehead atoms. The van der Waals surface area contributed by atoms with Crippen LogP contribution in [0.2, 0.25) is 10.0 Å². The summed E-state index contributed by atoms with van der Waals surface area (Å²) in [5, 5.41) is 7.62. The lowest BCUT2D eigenvalue weighted by atomic mass is 9.78. The van der Waals surface area contributed by atoms with E-state index in [0.29, 0.717) is 23.2 Å². The molecule has 0 aliphatic carbocycles. The Kier molecular flexibility index (Phi) is 6.72. The molecule has 1 saturated heterocycles. The van der Waals surface area contributed by atoms with E-state index in [4.69, 9.17) is 27.9 Å². The van der Waals surface area contributed by atoms with Crippen molar-refractivity contribution in [2.45, 2.75) is 25.7 Å². The number of hydrogen-bond acceptors (Lipinski definition) is 3. The lowest BCUT2D eigenvalue weighted by molar-refractivity contribution is -0.136. The zero-order chi connectivity index (χ0) is 16.9. The third-order valence-electron chi connectivity index (χ3n) is 4.52. The van der Waals surface area contributed by atoms with Gasteiger partial charge >= 0.3 is 0 Å². The lowest BCUT2D eigenvalue weighted by Crippen LogP contribution is -2.50. The minimum Gasteiger partial charge on any atom is -0.384 e. The van der Waals surface area contributed by atoms with Crippen molar-refractivity contribution in [1.29, 1.82) is 0 Å². The summed E-state index contributed by atoms with van der Waals surface area (Å²) >= 11 is 12.5. The van der Waals surface area contributed by atoms with Crippen LogP contribution in [0.3, 0.4) is 0 Å². The number of nitrogens with one attached hydrogen (secondary N) is 2. The van der Waals surface area contributed by atoms with E-state index in [1.54, 1.807) is 7.11 Å². The van der Waals surface area contributed by atoms with Gasteiger partial charge in [0.25, 0.3) is 0 Å². The van der Waals surface area contributed by atoms with Gasteiger partial charge in [-0.1, -0.05) is 36.2 Å². The highest BCUT2D eigenvalue weighted by atomic mass is 35.5. The molecule has 0 spiro atoms. The summed E-state index contributed by atoms with van der Waals surface area (Å²) in [6.07, 6.45) is 1.57. The molecule has 1 heterocycles. The molecule has 0 saturated carbocycles. The van der Waals surface area contributed by atoms with E-state index < -0.39 is 5.41 Å². The Morgan fingerprint density at radius 2 is 1.96 bits per heavy atom. The van der Waals surface area contributed by atoms with Crippen LogP contribution in [0.4, 0.5) is 0 Å². The molecule has 1 atom stereocenters. The molecule has 1 amide bonds. The van der Waals surface area contributed by atoms with Crippen LogP contribution in [-0.4, -0.2) is 39.3 Å². The first-order valence-corrected chi connectivity index (χ1v) is 8.67. The van der Waals surface area contributed by atoms with Gasteiger partial charge in [-0.25, -0.2) is 0 Å². The molecule has 2 rings (SSSR count). The summed E-state index contributed by atoms with van der Waals surface area (Å²) in [6, 6.07) is 5.46. The summed E-state index contributed by atoms with van der Waals surface area (Å²) in [5.74, 6) is 0.0948. The molecule has 0 aromatic heterocycles. The largest absolute Gasteiger partial charge is 0.384 e. The van der Waals surface area contributed by atoms with Crippen molar-refractivity contribution in [2.24, 2.45) is 5.41 Å². The standard InChI is InChI=1S/C17H24Cl2N2O2/c1-12(15-13(18)4-3-5-14(15)19)10-21-16(22)17(11-23-2)6-8-20-9-7-17/h3-5,12,20H,6-11H2,1-2H3,(H,21,22). The number of benzene rings is 1. The first kappa shape index (κ1) is 18.5. The normalized spacial score (nSPS) is 18.4. The third kappa shape index (κ3) is 4.38. The number of carbonyl (C=O) groups is 1. The van der Waals surface area contributed by atoms with E-state index in [2.05, 4.69) is 10.6 Å². The van der Waals surface area contributed by atoms with Crippen LogP contribution in [-0.2, 0) is 9.53 Å². The van der Waals surface area contributed by atoms with Gasteiger partial charge in [-0.3, -0.25) is 4.79 Å². The van der Waals surface area contributed by atoms with E-state index in [1.165, 1.54) is 0 Å². The van der Waals surface area contributed by atoms with Crippen molar-refractivity contribution < 1.29 is 9.53 Å². The molecular formula is C17H24Cl2N2O2. The van der Waals surface area contributed by atoms with Gasteiger partial charge in [0.1, 0.15) is 0 Å². The highest BCUT2D eigenvalue weighted by Gasteiger charge is 2.39. The second-order valence-corrected chi connectivity index (χ2v) is 7.02. The molecule has 1 aromatic rings. The average Bonchev–Trinajstić information content (AvgIpc) is 2.53. The van der Waals surface area contributed by atoms with Crippen LogP contribution in [0, 0.1) is 5.41 Å². The van der Waals surface area contributed by atoms with E-state index in [1.807, 2.05) is 25.1 Å². The van der Waals surface area contributed by atoms with E-state index >= 15 is 0 Å². The van der Waals surface area contributed by atoms with E-state index in [0.717, 1.165) is 31.5 Å². The first-order valence-electron chi connectivity index (χ1n) is 7.92. The molecule has 128 valence electrons. The predicted molar refractivity (Wildman–Crippen MR) is 94.3 cm³/mol. The second-order valence-electron chi connectivity index (χ2n) is 6.21. The number of amides is 1. The molecule has 23 heavy (non-hydrogen) atoms. The van der Waals surface area contributed by atoms with Gasteiger partial charge in [-0.2, -0.15) is 0 Å². The molecule has 0 radical (unpaired) electrons. The fraction of sp³-hybridized carbons (Fsp3) is 0.588. The minimum atomic E-state index is -0.440. The Balaban J connectivity index is 2.02. The fourth-order valence-corrected chi connectivity index (χ4v) is 3.91. The second kappa shape index (κ2) is 8.34. The van der Waals surface area contributed by atoms with Crippen molar-refractivity contribution in [2.75, 3.05) is 33.4 Å². The van der Waals surface area contributed by atoms with Gasteiger partial charge in [0.05, 0.1) is 12.0 Å². The predicted octanol–water partition coefficient (Wildman–Crippen LogP) is 3.23. The Bertz CT molecular complexity index is 520. The monoisotopic (exact) mass is 358 g/mol. The highest BCUT2D eigenvalue weighted by molar-refractivity contribution is 6.36. The summed E-state index contributed by atoms with van der Waals surface area (Å²) in [4.78, 5) is 12.7. The molecule has 6 heteroatoms. The zero-order valence-electron chi connectivity index (χ0n) is 13.6. The highest BCUT2D eigenvalue weighted by Crippen LogP contribution is 2.32. The number of ether oxygens (including phenoxy) is 1. The third-order valence-corrected chi connectivity index (χ3v) is 5.18. The van der Waals surface area contributed by atoms with E-state index in [9.17, 15) is 4.79 Å². The molecule has 4 nitrogen and oxygen atoms in total. The maximum Gasteiger partial charge on any atom is 0.228 e. The van der Waals surface area contributed by atoms with Crippen LogP contribution in [0.1, 0.15) is 31.2 Å². The summed E-state index contributed by atoms with van der Waals surface area (Å²) in [6.45, 7) is 4.63. The molecule has 1 aliphatic heterocycles. The van der Waals surface area contributed by atoms with Gasteiger partial charge in [-0.15, -0.1) is 0 Å². The summed E-state index contributed by atoms with van der Waals surface area (Å²) < 4.78 is 5.30. The number of piperidine rings is 1. The maximum atomic E-state index is 12.7. The Morgan fingerprint density at radius 1 is 1.35 bits per heavy atom. The molecule has 1 fully saturated rings. The number of rotatable bonds is 6. The molecule has 2 N–H and O–H groups in total. The van der Waals surface area contributed by atoms with Crippen LogP contribution in [0.15, 0.2) is 18.2 Å². The average molecular weight is 359 g/mol. The SMILES string of the molecule is COCC1(C(=O)NCC(C)c2c(Cl)cccc2Cl)CCNCC1. The van der Waals surface area contributed by atoms with Crippen LogP contribution in [0.5, 0.6) is 0 Å². The molecule has 1 aromatic carbocycles. The molecule has 1 unspecified atom stereocenters. The van der Waals surface area contributed by atoms with Crippen molar-refractivity contribution in [1.82, 2.24) is 10.6 Å². The van der Waals surface area contributed by atoms with Gasteiger partial charge in [-0.05, 0) is 43.6 Å². The summed E-state index contributed by atoms with van der Waals surface area (Å²) in [5.41, 5.74) is 0.437. The zero-order valence-corrected chi connectivity index (χ0v) is 15.1. The van der Waals surface area contributed by atoms with Crippen molar-refractivity contribution >= 4 is 29.1 Å². The number of halogens is 2. The van der Waals surface area contributed by atoms with Gasteiger partial charge in [0.2, 0.25) is 5.91 Å². The van der Waals surface area contributed by atoms with Gasteiger partial charge in [0.15, 0.2) is 0 Å². The fourth-order valence-electron chi connectivity index (χ4n) is 3.14. The van der Waals surface area contributed by atoms with Crippen LogP contribution in [0.25, 0.3) is 0 Å². The minimum absolute atomic E-state index is 0.0430. The number of carbonyl (C=O) groups excluding carboxylic acids is 1. The quantitative estimate of drug-likeness (QED) is 0.820. The molecular weight excluding hydrogens is 335 g/mol. The molecule has 1 aliphatic rings. The maximum absolute atomic E-state index is 12.7. The van der Waals surface area contributed by atoms with Crippen LogP contribution >= 0.6 is 23.2 Å². The topological polar surface area (TPSA) is 50.4 Å². The van der Waals surface area contributed by atoms with Crippen molar-refractivity contribution in [3.8, 4) is 0 Å². The van der Waals surface area contributed by atoms with Crippen LogP contribution < -0.4 is 10.6 Å². The Hall–Kier alpha value is -0.810. The lowest BCUT2D eigenvalue weighted by Gasteiger charge is -2.35. The van der Waals surface area contributed by atoms with Crippen molar-refractivity contribution in [3.63, 3.8) is 0 Å². The smallest absolute Gasteiger partial charge is 0.228 e. The Morgan fingerprint density at radius 3 is 2.52 bits per heavy atom. The van der Waals surface area contributed by atoms with Gasteiger partial charge in [0, 0.05) is 29.6 Å². The first-order chi connectivity index (χ1) is 11.0. The van der Waals surface area contributed by atoms with E-state index in [-0.39, 0.29) is 11.8 Å².